The maximum absolute atomic E-state index is 4.38. The normalized spacial score (nSPS) is 12.3. The van der Waals surface area contributed by atoms with Crippen molar-refractivity contribution in [3.63, 3.8) is 0 Å². The third-order valence-corrected chi connectivity index (χ3v) is 2.38. The Morgan fingerprint density at radius 1 is 1.00 bits per heavy atom. The van der Waals surface area contributed by atoms with Gasteiger partial charge in [-0.15, -0.1) is 0 Å². The van der Waals surface area contributed by atoms with Gasteiger partial charge in [0.1, 0.15) is 0 Å². The monoisotopic (exact) mass is 195 g/mol. The van der Waals surface area contributed by atoms with E-state index in [2.05, 4.69) is 15.3 Å². The standard InChI is InChI=1S/C12H9N3/c1-3-9-10(13-6-1)5-8-14-11-4-2-7-15-12(9)11/h1-8,14H. The molecule has 1 aliphatic heterocycles. The summed E-state index contributed by atoms with van der Waals surface area (Å²) in [6, 6.07) is 7.89. The molecular formula is C12H9N3. The van der Waals surface area contributed by atoms with Gasteiger partial charge in [-0.25, -0.2) is 0 Å². The molecule has 2 aromatic heterocycles. The number of hydrogen-bond acceptors (Lipinski definition) is 3. The second-order valence-corrected chi connectivity index (χ2v) is 3.31. The minimum atomic E-state index is 0.947. The lowest BCUT2D eigenvalue weighted by molar-refractivity contribution is 1.26. The van der Waals surface area contributed by atoms with Gasteiger partial charge in [0, 0.05) is 24.2 Å². The highest BCUT2D eigenvalue weighted by atomic mass is 14.9. The van der Waals surface area contributed by atoms with Crippen LogP contribution in [0.2, 0.25) is 0 Å². The highest BCUT2D eigenvalue weighted by Gasteiger charge is 2.11. The molecule has 0 spiro atoms. The largest absolute Gasteiger partial charge is 0.360 e. The van der Waals surface area contributed by atoms with Crippen LogP contribution in [0.5, 0.6) is 0 Å². The second-order valence-electron chi connectivity index (χ2n) is 3.31. The molecule has 0 unspecified atom stereocenters. The number of anilines is 1. The molecule has 2 aromatic rings. The second kappa shape index (κ2) is 3.20. The molecule has 0 radical (unpaired) electrons. The van der Waals surface area contributed by atoms with Crippen LogP contribution >= 0.6 is 0 Å². The van der Waals surface area contributed by atoms with Gasteiger partial charge in [-0.2, -0.15) is 0 Å². The quantitative estimate of drug-likeness (QED) is 0.702. The molecule has 0 bridgehead atoms. The van der Waals surface area contributed by atoms with E-state index in [0.29, 0.717) is 0 Å². The van der Waals surface area contributed by atoms with Crippen LogP contribution in [-0.4, -0.2) is 9.97 Å². The van der Waals surface area contributed by atoms with Gasteiger partial charge in [0.15, 0.2) is 0 Å². The number of hydrogen-bond donors (Lipinski definition) is 1. The summed E-state index contributed by atoms with van der Waals surface area (Å²) in [5.41, 5.74) is 3.97. The van der Waals surface area contributed by atoms with E-state index in [9.17, 15) is 0 Å². The summed E-state index contributed by atoms with van der Waals surface area (Å²) in [6.07, 6.45) is 7.43. The Kier molecular flexibility index (Phi) is 1.75. The predicted octanol–water partition coefficient (Wildman–Crippen LogP) is 2.54. The van der Waals surface area contributed by atoms with Crippen LogP contribution in [0.4, 0.5) is 5.69 Å². The molecule has 0 saturated carbocycles. The molecular weight excluding hydrogens is 186 g/mol. The summed E-state index contributed by atoms with van der Waals surface area (Å²) in [7, 11) is 0. The van der Waals surface area contributed by atoms with Crippen molar-refractivity contribution in [2.75, 3.05) is 5.32 Å². The Hall–Kier alpha value is -2.16. The zero-order valence-corrected chi connectivity index (χ0v) is 8.01. The van der Waals surface area contributed by atoms with Gasteiger partial charge in [-0.05, 0) is 30.3 Å². The van der Waals surface area contributed by atoms with E-state index in [1.54, 1.807) is 12.4 Å². The highest BCUT2D eigenvalue weighted by Crippen LogP contribution is 2.30. The fraction of sp³-hybridized carbons (Fsp3) is 0. The molecule has 0 atom stereocenters. The number of fused-ring (bicyclic) bond motifs is 3. The Morgan fingerprint density at radius 2 is 1.87 bits per heavy atom. The van der Waals surface area contributed by atoms with Gasteiger partial charge in [-0.3, -0.25) is 9.97 Å². The first-order chi connectivity index (χ1) is 7.45. The smallest absolute Gasteiger partial charge is 0.0958 e. The topological polar surface area (TPSA) is 37.8 Å². The molecule has 3 heterocycles. The summed E-state index contributed by atoms with van der Waals surface area (Å²) in [4.78, 5) is 8.69. The molecule has 0 saturated heterocycles. The van der Waals surface area contributed by atoms with E-state index < -0.39 is 0 Å². The number of nitrogens with one attached hydrogen (secondary N) is 1. The van der Waals surface area contributed by atoms with Gasteiger partial charge >= 0.3 is 0 Å². The summed E-state index contributed by atoms with van der Waals surface area (Å²) < 4.78 is 0. The van der Waals surface area contributed by atoms with E-state index >= 15 is 0 Å². The van der Waals surface area contributed by atoms with E-state index in [-0.39, 0.29) is 0 Å². The Labute approximate surface area is 87.5 Å². The van der Waals surface area contributed by atoms with Crippen molar-refractivity contribution in [1.29, 1.82) is 0 Å². The van der Waals surface area contributed by atoms with Crippen LogP contribution in [0.1, 0.15) is 5.69 Å². The lowest BCUT2D eigenvalue weighted by atomic mass is 10.1. The molecule has 15 heavy (non-hydrogen) atoms. The number of rotatable bonds is 0. The summed E-state index contributed by atoms with van der Waals surface area (Å²) in [5.74, 6) is 0. The molecule has 0 amide bonds. The van der Waals surface area contributed by atoms with Crippen molar-refractivity contribution in [3.8, 4) is 11.3 Å². The van der Waals surface area contributed by atoms with E-state index in [1.165, 1.54) is 0 Å². The maximum Gasteiger partial charge on any atom is 0.0958 e. The number of aromatic nitrogens is 2. The zero-order chi connectivity index (χ0) is 10.1. The molecule has 72 valence electrons. The summed E-state index contributed by atoms with van der Waals surface area (Å²) in [6.45, 7) is 0. The van der Waals surface area contributed by atoms with Crippen molar-refractivity contribution >= 4 is 11.8 Å². The average Bonchev–Trinajstić information content (AvgIpc) is 2.48. The summed E-state index contributed by atoms with van der Waals surface area (Å²) >= 11 is 0. The van der Waals surface area contributed by atoms with E-state index in [0.717, 1.165) is 22.6 Å². The van der Waals surface area contributed by atoms with E-state index in [4.69, 9.17) is 0 Å². The summed E-state index contributed by atoms with van der Waals surface area (Å²) in [5, 5.41) is 3.19. The fourth-order valence-electron chi connectivity index (χ4n) is 1.70. The van der Waals surface area contributed by atoms with Crippen molar-refractivity contribution in [1.82, 2.24) is 9.97 Å². The highest BCUT2D eigenvalue weighted by molar-refractivity contribution is 5.82. The maximum atomic E-state index is 4.38. The molecule has 1 aliphatic rings. The number of nitrogens with zero attached hydrogens (tertiary/aromatic N) is 2. The third kappa shape index (κ3) is 1.29. The van der Waals surface area contributed by atoms with Crippen LogP contribution in [0.3, 0.4) is 0 Å². The first kappa shape index (κ1) is 8.17. The van der Waals surface area contributed by atoms with E-state index in [1.807, 2.05) is 36.5 Å². The van der Waals surface area contributed by atoms with Gasteiger partial charge in [0.05, 0.1) is 17.1 Å². The average molecular weight is 195 g/mol. The SMILES string of the molecule is C1=Cc2ncccc2-c2ncccc2N1. The molecule has 3 nitrogen and oxygen atoms in total. The van der Waals surface area contributed by atoms with Crippen molar-refractivity contribution in [2.24, 2.45) is 0 Å². The lowest BCUT2D eigenvalue weighted by Gasteiger charge is -2.06. The molecule has 0 aromatic carbocycles. The van der Waals surface area contributed by atoms with Gasteiger partial charge in [0.2, 0.25) is 0 Å². The molecule has 0 aliphatic carbocycles. The molecule has 3 heteroatoms. The molecule has 1 N–H and O–H groups in total. The Bertz CT molecular complexity index is 532. The molecule has 0 fully saturated rings. The number of pyridine rings is 2. The van der Waals surface area contributed by atoms with Crippen LogP contribution in [0.15, 0.2) is 42.9 Å². The Balaban J connectivity index is 2.33. The van der Waals surface area contributed by atoms with Crippen LogP contribution in [-0.2, 0) is 0 Å². The molecule has 3 rings (SSSR count). The van der Waals surface area contributed by atoms with Crippen molar-refractivity contribution < 1.29 is 0 Å². The first-order valence-electron chi connectivity index (χ1n) is 4.78. The van der Waals surface area contributed by atoms with Gasteiger partial charge < -0.3 is 5.32 Å². The third-order valence-electron chi connectivity index (χ3n) is 2.38. The Morgan fingerprint density at radius 3 is 2.87 bits per heavy atom. The minimum Gasteiger partial charge on any atom is -0.360 e. The van der Waals surface area contributed by atoms with Crippen LogP contribution < -0.4 is 5.32 Å². The lowest BCUT2D eigenvalue weighted by Crippen LogP contribution is -1.91. The zero-order valence-electron chi connectivity index (χ0n) is 8.01. The van der Waals surface area contributed by atoms with Crippen LogP contribution in [0, 0.1) is 0 Å². The van der Waals surface area contributed by atoms with Crippen LogP contribution in [0.25, 0.3) is 17.3 Å². The predicted molar refractivity (Wildman–Crippen MR) is 60.1 cm³/mol. The van der Waals surface area contributed by atoms with Gasteiger partial charge in [0.25, 0.3) is 0 Å². The van der Waals surface area contributed by atoms with Gasteiger partial charge in [-0.1, -0.05) is 0 Å². The van der Waals surface area contributed by atoms with Crippen molar-refractivity contribution in [3.05, 3.63) is 48.6 Å². The first-order valence-corrected chi connectivity index (χ1v) is 4.78. The van der Waals surface area contributed by atoms with Crippen molar-refractivity contribution in [2.45, 2.75) is 0 Å². The minimum absolute atomic E-state index is 0.947. The fourth-order valence-corrected chi connectivity index (χ4v) is 1.70.